The maximum atomic E-state index is 11.1. The molecule has 0 amide bonds. The molecule has 332 valence electrons. The van der Waals surface area contributed by atoms with Crippen LogP contribution in [-0.4, -0.2) is 95.9 Å². The summed E-state index contributed by atoms with van der Waals surface area (Å²) in [5.74, 6) is 0.654. The third-order valence-electron chi connectivity index (χ3n) is 11.2. The fourth-order valence-electron chi connectivity index (χ4n) is 6.65. The van der Waals surface area contributed by atoms with Crippen LogP contribution in [0.15, 0.2) is 0 Å². The Hall–Kier alpha value is -3.77. The summed E-state index contributed by atoms with van der Waals surface area (Å²) in [6.07, 6.45) is 10.2. The second-order valence-corrected chi connectivity index (χ2v) is 15.7. The SMILES string of the molecule is CCOC(=O)[C@H]1C[C@@H]1C(=O)O.CCOC(=O)[C@H]1C[C@@H]1C(=O)OCC.CCOC(=O)[C@H]1C[C@@H]1CC.CC[C@H]1C[C@@H]1CC#N.CC[C@H]1C[C@@H]1CO.O=C(O)C[C@H]1C[C@@H]1CO. The van der Waals surface area contributed by atoms with Gasteiger partial charge >= 0.3 is 35.8 Å². The Morgan fingerprint density at radius 1 is 0.483 bits per heavy atom. The molecule has 58 heavy (non-hydrogen) atoms. The van der Waals surface area contributed by atoms with E-state index in [1.54, 1.807) is 20.8 Å². The van der Waals surface area contributed by atoms with Gasteiger partial charge in [-0.2, -0.15) is 5.26 Å². The van der Waals surface area contributed by atoms with Crippen LogP contribution in [0.3, 0.4) is 0 Å². The highest BCUT2D eigenvalue weighted by atomic mass is 16.5. The quantitative estimate of drug-likeness (QED) is 0.102. The van der Waals surface area contributed by atoms with Gasteiger partial charge in [0.15, 0.2) is 0 Å². The molecule has 0 saturated heterocycles. The number of aliphatic carboxylic acids is 2. The van der Waals surface area contributed by atoms with E-state index in [1.165, 1.54) is 25.7 Å². The Balaban J connectivity index is 0.000000352. The van der Waals surface area contributed by atoms with Crippen molar-refractivity contribution in [2.75, 3.05) is 39.6 Å². The van der Waals surface area contributed by atoms with Crippen molar-refractivity contribution < 1.29 is 68.1 Å². The zero-order valence-electron chi connectivity index (χ0n) is 35.8. The molecule has 6 fully saturated rings. The molecular weight excluding hydrogens is 754 g/mol. The Labute approximate surface area is 344 Å². The second-order valence-electron chi connectivity index (χ2n) is 15.7. The summed E-state index contributed by atoms with van der Waals surface area (Å²) in [6.45, 7) is 15.7. The highest BCUT2D eigenvalue weighted by Gasteiger charge is 2.50. The molecule has 0 unspecified atom stereocenters. The lowest BCUT2D eigenvalue weighted by molar-refractivity contribution is -0.150. The number of esters is 4. The van der Waals surface area contributed by atoms with Crippen molar-refractivity contribution in [2.24, 2.45) is 71.0 Å². The summed E-state index contributed by atoms with van der Waals surface area (Å²) in [6, 6.07) is 2.19. The van der Waals surface area contributed by atoms with Gasteiger partial charge < -0.3 is 39.4 Å². The number of carbonyl (C=O) groups is 6. The molecular formula is C43H71NO14. The van der Waals surface area contributed by atoms with Crippen LogP contribution >= 0.6 is 0 Å². The summed E-state index contributed by atoms with van der Waals surface area (Å²) in [5, 5.41) is 41.9. The van der Waals surface area contributed by atoms with Gasteiger partial charge in [0.2, 0.25) is 0 Å². The first-order valence-corrected chi connectivity index (χ1v) is 21.4. The van der Waals surface area contributed by atoms with Crippen LogP contribution in [0.5, 0.6) is 0 Å². The minimum Gasteiger partial charge on any atom is -0.481 e. The zero-order valence-corrected chi connectivity index (χ0v) is 35.8. The van der Waals surface area contributed by atoms with E-state index >= 15 is 0 Å². The van der Waals surface area contributed by atoms with E-state index in [9.17, 15) is 28.8 Å². The predicted octanol–water partition coefficient (Wildman–Crippen LogP) is 5.67. The lowest BCUT2D eigenvalue weighted by Crippen LogP contribution is -2.13. The molecule has 6 aliphatic carbocycles. The summed E-state index contributed by atoms with van der Waals surface area (Å²) >= 11 is 0. The molecule has 15 nitrogen and oxygen atoms in total. The number of nitriles is 1. The summed E-state index contributed by atoms with van der Waals surface area (Å²) in [4.78, 5) is 64.3. The highest BCUT2D eigenvalue weighted by molar-refractivity contribution is 5.87. The van der Waals surface area contributed by atoms with E-state index in [0.717, 1.165) is 43.4 Å². The van der Waals surface area contributed by atoms with Gasteiger partial charge in [0, 0.05) is 26.1 Å². The summed E-state index contributed by atoms with van der Waals surface area (Å²) in [5.41, 5.74) is 0. The van der Waals surface area contributed by atoms with Crippen LogP contribution in [0.25, 0.3) is 0 Å². The molecule has 12 atom stereocenters. The maximum Gasteiger partial charge on any atom is 0.309 e. The Bertz CT molecular complexity index is 1300. The number of ether oxygens (including phenoxy) is 4. The van der Waals surface area contributed by atoms with Crippen LogP contribution < -0.4 is 0 Å². The molecule has 0 radical (unpaired) electrons. The van der Waals surface area contributed by atoms with Crippen molar-refractivity contribution in [1.29, 1.82) is 5.26 Å². The van der Waals surface area contributed by atoms with Gasteiger partial charge in [-0.25, -0.2) is 0 Å². The van der Waals surface area contributed by atoms with Crippen molar-refractivity contribution in [3.05, 3.63) is 0 Å². The topological polar surface area (TPSA) is 244 Å². The molecule has 6 saturated carbocycles. The van der Waals surface area contributed by atoms with E-state index in [2.05, 4.69) is 31.6 Å². The first-order valence-electron chi connectivity index (χ1n) is 21.4. The zero-order chi connectivity index (χ0) is 43.9. The Kier molecular flexibility index (Phi) is 25.1. The smallest absolute Gasteiger partial charge is 0.309 e. The predicted molar refractivity (Wildman–Crippen MR) is 211 cm³/mol. The van der Waals surface area contributed by atoms with Crippen LogP contribution in [0.1, 0.15) is 119 Å². The molecule has 15 heteroatoms. The van der Waals surface area contributed by atoms with Crippen LogP contribution in [0.4, 0.5) is 0 Å². The molecule has 4 N–H and O–H groups in total. The standard InChI is InChI=1S/C9H14O4.C8H14O2.C7H11N.C7H10O4.C6H10O3.C6H12O/c1-3-12-8(10)6-5-7(6)9(11)13-4-2;1-3-6-5-7(6)8(9)10-4-2;1-2-6-5-7(6)3-4-8;1-2-11-7(10)5-3-4(5)6(8)9;7-3-5-1-4(5)2-6(8)9;1-2-5-3-6(5)4-7/h6-7H,3-5H2,1-2H3;6-7H,3-5H2,1-2H3;6-7H,2-3,5H2,1H3;4-5H,2-3H2,1H3,(H,8,9);4-5,7H,1-3H2,(H,8,9);5-7H,2-4H2,1H3/t3*6-,7-;2*4-,5-;5-,6+/m000010/s1. The molecule has 0 aromatic heterocycles. The number of nitrogens with zero attached hydrogens (tertiary/aromatic N) is 1. The Morgan fingerprint density at radius 2 is 0.845 bits per heavy atom. The first kappa shape index (κ1) is 52.2. The van der Waals surface area contributed by atoms with E-state index in [0.29, 0.717) is 57.7 Å². The van der Waals surface area contributed by atoms with Gasteiger partial charge in [-0.1, -0.05) is 40.0 Å². The van der Waals surface area contributed by atoms with Crippen LogP contribution in [0, 0.1) is 82.3 Å². The molecule has 0 aliphatic heterocycles. The van der Waals surface area contributed by atoms with E-state index < -0.39 is 17.9 Å². The van der Waals surface area contributed by atoms with Gasteiger partial charge in [0.1, 0.15) is 0 Å². The normalized spacial score (nSPS) is 30.3. The number of rotatable bonds is 17. The lowest BCUT2D eigenvalue weighted by atomic mass is 10.2. The van der Waals surface area contributed by atoms with Gasteiger partial charge in [0.25, 0.3) is 0 Å². The van der Waals surface area contributed by atoms with Crippen molar-refractivity contribution in [3.63, 3.8) is 0 Å². The highest BCUT2D eigenvalue weighted by Crippen LogP contribution is 2.44. The van der Waals surface area contributed by atoms with E-state index in [-0.39, 0.29) is 72.4 Å². The number of hydrogen-bond acceptors (Lipinski definition) is 13. The average Bonchev–Trinajstić information content (AvgIpc) is 3.97. The molecule has 6 rings (SSSR count). The number of aliphatic hydroxyl groups is 2. The Morgan fingerprint density at radius 3 is 1.12 bits per heavy atom. The first-order chi connectivity index (χ1) is 27.7. The number of carboxylic acids is 2. The monoisotopic (exact) mass is 825 g/mol. The third-order valence-corrected chi connectivity index (χ3v) is 11.2. The number of hydrogen-bond donors (Lipinski definition) is 4. The van der Waals surface area contributed by atoms with E-state index in [1.807, 2.05) is 6.92 Å². The van der Waals surface area contributed by atoms with Crippen molar-refractivity contribution in [3.8, 4) is 6.07 Å². The lowest BCUT2D eigenvalue weighted by Gasteiger charge is -2.00. The van der Waals surface area contributed by atoms with Crippen LogP contribution in [-0.2, 0) is 47.7 Å². The molecule has 6 aliphatic rings. The van der Waals surface area contributed by atoms with Gasteiger partial charge in [0.05, 0.1) is 62.1 Å². The molecule has 0 bridgehead atoms. The molecule has 0 aromatic carbocycles. The van der Waals surface area contributed by atoms with Gasteiger partial charge in [-0.3, -0.25) is 28.8 Å². The summed E-state index contributed by atoms with van der Waals surface area (Å²) in [7, 11) is 0. The molecule has 0 heterocycles. The number of carbonyl (C=O) groups excluding carboxylic acids is 4. The average molecular weight is 826 g/mol. The van der Waals surface area contributed by atoms with Gasteiger partial charge in [-0.15, -0.1) is 0 Å². The minimum atomic E-state index is -0.900. The third kappa shape index (κ3) is 20.8. The molecule has 0 aromatic rings. The largest absolute Gasteiger partial charge is 0.481 e. The van der Waals surface area contributed by atoms with E-state index in [4.69, 9.17) is 39.9 Å². The second kappa shape index (κ2) is 27.8. The van der Waals surface area contributed by atoms with Crippen LogP contribution in [0.2, 0.25) is 0 Å². The minimum absolute atomic E-state index is 0.00866. The number of aliphatic hydroxyl groups excluding tert-OH is 2. The fourth-order valence-corrected chi connectivity index (χ4v) is 6.65. The summed E-state index contributed by atoms with van der Waals surface area (Å²) < 4.78 is 19.1. The fraction of sp³-hybridized carbons (Fsp3) is 0.837. The van der Waals surface area contributed by atoms with Crippen molar-refractivity contribution in [1.82, 2.24) is 0 Å². The van der Waals surface area contributed by atoms with Crippen molar-refractivity contribution in [2.45, 2.75) is 119 Å². The van der Waals surface area contributed by atoms with Crippen molar-refractivity contribution >= 4 is 35.8 Å². The van der Waals surface area contributed by atoms with Gasteiger partial charge in [-0.05, 0) is 108 Å². The molecule has 0 spiro atoms. The number of carboxylic acid groups (broad SMARTS) is 2. The maximum absolute atomic E-state index is 11.1.